The number of carbonyl (C=O) groups is 3. The van der Waals surface area contributed by atoms with Gasteiger partial charge in [0.25, 0.3) is 0 Å². The van der Waals surface area contributed by atoms with Gasteiger partial charge in [-0.2, -0.15) is 0 Å². The zero-order valence-electron chi connectivity index (χ0n) is 23.1. The van der Waals surface area contributed by atoms with E-state index >= 15 is 0 Å². The Morgan fingerprint density at radius 2 is 1.71 bits per heavy atom. The van der Waals surface area contributed by atoms with Crippen molar-refractivity contribution >= 4 is 23.8 Å². The van der Waals surface area contributed by atoms with Gasteiger partial charge in [-0.05, 0) is 48.9 Å². The minimum Gasteiger partial charge on any atom is -0.351 e. The Bertz CT molecular complexity index is 1100. The lowest BCUT2D eigenvalue weighted by atomic mass is 9.96. The second kappa shape index (κ2) is 14.5. The minimum atomic E-state index is -0.765. The van der Waals surface area contributed by atoms with E-state index in [1.54, 1.807) is 14.0 Å². The minimum absolute atomic E-state index is 0.109. The van der Waals surface area contributed by atoms with Crippen LogP contribution >= 0.6 is 0 Å². The Labute approximate surface area is 227 Å². The summed E-state index contributed by atoms with van der Waals surface area (Å²) in [5.74, 6) is -0.625. The van der Waals surface area contributed by atoms with Crippen LogP contribution in [0.15, 0.2) is 60.7 Å². The van der Waals surface area contributed by atoms with Gasteiger partial charge >= 0.3 is 0 Å². The van der Waals surface area contributed by atoms with Crippen LogP contribution in [0.2, 0.25) is 0 Å². The molecule has 0 radical (unpaired) electrons. The van der Waals surface area contributed by atoms with Gasteiger partial charge in [0.15, 0.2) is 0 Å². The van der Waals surface area contributed by atoms with E-state index in [9.17, 15) is 14.4 Å². The average molecular weight is 519 g/mol. The van der Waals surface area contributed by atoms with E-state index < -0.39 is 18.1 Å². The third-order valence-corrected chi connectivity index (χ3v) is 7.44. The smallest absolute Gasteiger partial charge is 0.243 e. The van der Waals surface area contributed by atoms with E-state index in [0.717, 1.165) is 30.4 Å². The quantitative estimate of drug-likeness (QED) is 0.579. The first kappa shape index (κ1) is 29.1. The van der Waals surface area contributed by atoms with E-state index in [0.29, 0.717) is 19.5 Å². The van der Waals surface area contributed by atoms with Crippen LogP contribution in [-0.4, -0.2) is 60.9 Å². The van der Waals surface area contributed by atoms with Gasteiger partial charge in [-0.1, -0.05) is 87.0 Å². The lowest BCUT2D eigenvalue weighted by Crippen LogP contribution is -2.57. The summed E-state index contributed by atoms with van der Waals surface area (Å²) in [6.45, 7) is 6.87. The first-order valence-corrected chi connectivity index (χ1v) is 13.7. The van der Waals surface area contributed by atoms with Crippen LogP contribution in [0.1, 0.15) is 50.3 Å². The van der Waals surface area contributed by atoms with E-state index in [2.05, 4.69) is 41.9 Å². The van der Waals surface area contributed by atoms with E-state index in [4.69, 9.17) is 0 Å². The second-order valence-electron chi connectivity index (χ2n) is 10.1. The predicted octanol–water partition coefficient (Wildman–Crippen LogP) is 3.34. The summed E-state index contributed by atoms with van der Waals surface area (Å²) < 4.78 is 0. The third kappa shape index (κ3) is 8.02. The van der Waals surface area contributed by atoms with Gasteiger partial charge in [0.05, 0.1) is 6.04 Å². The van der Waals surface area contributed by atoms with Crippen LogP contribution in [-0.2, 0) is 27.2 Å². The molecule has 1 heterocycles. The maximum absolute atomic E-state index is 13.5. The van der Waals surface area contributed by atoms with Crippen LogP contribution < -0.4 is 16.0 Å². The van der Waals surface area contributed by atoms with Gasteiger partial charge in [0, 0.05) is 20.0 Å². The molecule has 0 aromatic heterocycles. The van der Waals surface area contributed by atoms with E-state index in [1.807, 2.05) is 54.6 Å². The number of likely N-dealkylation sites (N-methyl/N-ethyl adjacent to an activating group) is 1. The number of fused-ring (bicyclic) bond motifs is 1. The highest BCUT2D eigenvalue weighted by molar-refractivity contribution is 5.93. The number of rotatable bonds is 4. The van der Waals surface area contributed by atoms with E-state index in [1.165, 1.54) is 10.5 Å². The number of hydrogen-bond donors (Lipinski definition) is 3. The van der Waals surface area contributed by atoms with Crippen molar-refractivity contribution in [3.63, 3.8) is 0 Å². The molecule has 204 valence electrons. The Balaban J connectivity index is 1.89. The van der Waals surface area contributed by atoms with Gasteiger partial charge in [-0.15, -0.1) is 0 Å². The van der Waals surface area contributed by atoms with Crippen molar-refractivity contribution in [1.29, 1.82) is 0 Å². The fourth-order valence-electron chi connectivity index (χ4n) is 4.63. The summed E-state index contributed by atoms with van der Waals surface area (Å²) in [6.07, 6.45) is 6.90. The van der Waals surface area contributed by atoms with Crippen molar-refractivity contribution in [3.05, 3.63) is 77.4 Å². The SMILES string of the molecule is CC[C@H](C)C1NCCCc2ccccc2/C=C\CNC(=O)C(Cc2ccccc2)NC(=O)C(C)N(C)C1=O. The van der Waals surface area contributed by atoms with Gasteiger partial charge in [-0.25, -0.2) is 0 Å². The Hall–Kier alpha value is -3.45. The largest absolute Gasteiger partial charge is 0.351 e. The maximum atomic E-state index is 13.5. The number of carbonyl (C=O) groups excluding carboxylic acids is 3. The summed E-state index contributed by atoms with van der Waals surface area (Å²) in [4.78, 5) is 41.5. The molecule has 7 heteroatoms. The number of nitrogens with one attached hydrogen (secondary N) is 3. The topological polar surface area (TPSA) is 90.5 Å². The van der Waals surface area contributed by atoms with Crippen molar-refractivity contribution in [2.24, 2.45) is 5.92 Å². The van der Waals surface area contributed by atoms with Crippen LogP contribution in [0, 0.1) is 5.92 Å². The first-order valence-electron chi connectivity index (χ1n) is 13.7. The Morgan fingerprint density at radius 1 is 1.00 bits per heavy atom. The number of amides is 3. The van der Waals surface area contributed by atoms with Crippen molar-refractivity contribution in [3.8, 4) is 0 Å². The van der Waals surface area contributed by atoms with Gasteiger partial charge in [0.2, 0.25) is 17.7 Å². The van der Waals surface area contributed by atoms with Crippen molar-refractivity contribution < 1.29 is 14.4 Å². The summed E-state index contributed by atoms with van der Waals surface area (Å²) in [5, 5.41) is 9.31. The molecule has 3 amide bonds. The molecule has 1 aliphatic rings. The fraction of sp³-hybridized carbons (Fsp3) is 0.452. The number of aryl methyl sites for hydroxylation is 1. The number of benzene rings is 2. The maximum Gasteiger partial charge on any atom is 0.243 e. The number of nitrogens with zero attached hydrogens (tertiary/aromatic N) is 1. The zero-order valence-corrected chi connectivity index (χ0v) is 23.1. The normalized spacial score (nSPS) is 23.8. The zero-order chi connectivity index (χ0) is 27.5. The standard InChI is InChI=1S/C31H42N4O3/c1-5-22(2)28-31(38)35(4)23(3)29(36)34-27(21-24-13-7-6-8-14-24)30(37)33-20-12-18-26-16-10-9-15-25(26)17-11-19-32-28/h6-10,12-16,18,22-23,27-28,32H,5,11,17,19-21H2,1-4H3,(H,33,37)(H,34,36)/b18-12-/t22-,23?,27?,28?/m0/s1. The molecule has 0 spiro atoms. The van der Waals surface area contributed by atoms with Crippen LogP contribution in [0.4, 0.5) is 0 Å². The van der Waals surface area contributed by atoms with Crippen molar-refractivity contribution in [1.82, 2.24) is 20.9 Å². The molecule has 38 heavy (non-hydrogen) atoms. The molecule has 0 fully saturated rings. The van der Waals surface area contributed by atoms with Crippen LogP contribution in [0.25, 0.3) is 6.08 Å². The molecule has 3 unspecified atom stereocenters. The van der Waals surface area contributed by atoms with Gasteiger partial charge < -0.3 is 20.9 Å². The molecule has 1 aliphatic heterocycles. The van der Waals surface area contributed by atoms with Gasteiger partial charge in [0.1, 0.15) is 12.1 Å². The molecule has 3 rings (SSSR count). The second-order valence-corrected chi connectivity index (χ2v) is 10.1. The molecule has 0 saturated carbocycles. The van der Waals surface area contributed by atoms with Gasteiger partial charge in [-0.3, -0.25) is 14.4 Å². The highest BCUT2D eigenvalue weighted by atomic mass is 16.2. The first-order chi connectivity index (χ1) is 18.3. The molecule has 0 bridgehead atoms. The number of hydrogen-bond acceptors (Lipinski definition) is 4. The molecule has 0 aliphatic carbocycles. The average Bonchev–Trinajstić information content (AvgIpc) is 2.94. The Morgan fingerprint density at radius 3 is 2.45 bits per heavy atom. The highest BCUT2D eigenvalue weighted by Crippen LogP contribution is 2.15. The Kier molecular flexibility index (Phi) is 11.1. The molecule has 3 N–H and O–H groups in total. The molecule has 7 nitrogen and oxygen atoms in total. The fourth-order valence-corrected chi connectivity index (χ4v) is 4.63. The molecule has 2 aromatic rings. The summed E-state index contributed by atoms with van der Waals surface area (Å²) >= 11 is 0. The van der Waals surface area contributed by atoms with Crippen LogP contribution in [0.3, 0.4) is 0 Å². The third-order valence-electron chi connectivity index (χ3n) is 7.44. The van der Waals surface area contributed by atoms with Crippen molar-refractivity contribution in [2.45, 2.75) is 64.6 Å². The molecule has 2 aromatic carbocycles. The monoisotopic (exact) mass is 518 g/mol. The molecule has 4 atom stereocenters. The van der Waals surface area contributed by atoms with Crippen LogP contribution in [0.5, 0.6) is 0 Å². The summed E-state index contributed by atoms with van der Waals surface area (Å²) in [5.41, 5.74) is 3.28. The predicted molar refractivity (Wildman–Crippen MR) is 152 cm³/mol. The van der Waals surface area contributed by atoms with Crippen molar-refractivity contribution in [2.75, 3.05) is 20.1 Å². The van der Waals surface area contributed by atoms with E-state index in [-0.39, 0.29) is 23.6 Å². The summed E-state index contributed by atoms with van der Waals surface area (Å²) in [7, 11) is 1.66. The lowest BCUT2D eigenvalue weighted by molar-refractivity contribution is -0.141. The molecular weight excluding hydrogens is 476 g/mol. The summed E-state index contributed by atoms with van der Waals surface area (Å²) in [6, 6.07) is 15.9. The molecule has 0 saturated heterocycles. The highest BCUT2D eigenvalue weighted by Gasteiger charge is 2.32. The molecular formula is C31H42N4O3. The lowest BCUT2D eigenvalue weighted by Gasteiger charge is -2.32.